The molecule has 3 aliphatic rings. The van der Waals surface area contributed by atoms with Gasteiger partial charge < -0.3 is 46.3 Å². The molecule has 9 heterocycles. The van der Waals surface area contributed by atoms with E-state index in [1.54, 1.807) is 59.4 Å². The molecule has 3 aromatic carbocycles. The van der Waals surface area contributed by atoms with Crippen molar-refractivity contribution in [3.63, 3.8) is 0 Å². The molecule has 6 aromatic heterocycles. The van der Waals surface area contributed by atoms with Crippen LogP contribution in [0.5, 0.6) is 0 Å². The fourth-order valence-corrected chi connectivity index (χ4v) is 12.5. The highest BCUT2D eigenvalue weighted by Gasteiger charge is 2.31. The Morgan fingerprint density at radius 1 is 0.598 bits per heavy atom. The van der Waals surface area contributed by atoms with Gasteiger partial charge in [0.05, 0.1) is 24.3 Å². The van der Waals surface area contributed by atoms with Gasteiger partial charge in [-0.25, -0.2) is 39.5 Å². The average Bonchev–Trinajstić information content (AvgIpc) is 1.63. The van der Waals surface area contributed by atoms with Gasteiger partial charge in [-0.15, -0.1) is 0 Å². The number of carbonyl (C=O) groups excluding carboxylic acids is 3. The third-order valence-corrected chi connectivity index (χ3v) is 17.2. The number of nitrogens with zero attached hydrogens (tertiary/aromatic N) is 13. The second kappa shape index (κ2) is 28.7. The monoisotopic (exact) mass is 1430 g/mol. The number of rotatable bonds is 10. The van der Waals surface area contributed by atoms with Crippen molar-refractivity contribution in [2.24, 2.45) is 5.73 Å². The van der Waals surface area contributed by atoms with Crippen LogP contribution in [0.1, 0.15) is 102 Å². The van der Waals surface area contributed by atoms with Gasteiger partial charge in [-0.05, 0) is 155 Å². The molecule has 3 aliphatic heterocycles. The molecule has 3 amide bonds. The first-order valence-electron chi connectivity index (χ1n) is 29.8. The topological polar surface area (TPSA) is 288 Å². The summed E-state index contributed by atoms with van der Waals surface area (Å²) in [6.07, 6.45) is 11.3. The van der Waals surface area contributed by atoms with Crippen LogP contribution >= 0.6 is 66.7 Å². The molecule has 3 fully saturated rings. The number of amides is 3. The number of anilines is 3. The van der Waals surface area contributed by atoms with E-state index in [0.717, 1.165) is 68.3 Å². The maximum Gasteiger partial charge on any atom is 0.410 e. The van der Waals surface area contributed by atoms with Gasteiger partial charge >= 0.3 is 12.2 Å². The molecular formula is C64H67Br2Cl3N18O5. The number of aromatic nitrogens is 9. The van der Waals surface area contributed by atoms with Crippen molar-refractivity contribution in [2.45, 2.75) is 109 Å². The Kier molecular flexibility index (Phi) is 20.8. The molecule has 0 saturated carbocycles. The molecule has 0 spiro atoms. The van der Waals surface area contributed by atoms with E-state index in [4.69, 9.17) is 65.0 Å². The maximum absolute atomic E-state index is 12.5. The zero-order chi connectivity index (χ0) is 65.6. The van der Waals surface area contributed by atoms with Gasteiger partial charge in [0, 0.05) is 88.8 Å². The van der Waals surface area contributed by atoms with Crippen molar-refractivity contribution >= 4 is 119 Å². The number of hydrogen-bond acceptors (Lipinski definition) is 17. The predicted molar refractivity (Wildman–Crippen MR) is 362 cm³/mol. The van der Waals surface area contributed by atoms with Crippen LogP contribution in [-0.2, 0) is 9.47 Å². The van der Waals surface area contributed by atoms with Crippen LogP contribution in [0.2, 0.25) is 15.1 Å². The van der Waals surface area contributed by atoms with Crippen LogP contribution in [0.15, 0.2) is 107 Å². The molecule has 0 radical (unpaired) electrons. The molecule has 3 saturated heterocycles. The van der Waals surface area contributed by atoms with Crippen molar-refractivity contribution in [1.82, 2.24) is 58.2 Å². The number of hydrogen-bond donors (Lipinski definition) is 5. The number of likely N-dealkylation sites (tertiary alicyclic amines) is 2. The van der Waals surface area contributed by atoms with Crippen LogP contribution in [0.3, 0.4) is 0 Å². The number of nitriles is 2. The van der Waals surface area contributed by atoms with Crippen LogP contribution in [-0.4, -0.2) is 140 Å². The number of imidazole rings is 3. The molecule has 12 rings (SSSR count). The summed E-state index contributed by atoms with van der Waals surface area (Å²) in [6, 6.07) is 26.6. The van der Waals surface area contributed by atoms with E-state index in [0.29, 0.717) is 113 Å². The summed E-state index contributed by atoms with van der Waals surface area (Å²) in [6.45, 7) is 15.3. The number of carbonyl (C=O) groups is 3. The van der Waals surface area contributed by atoms with Gasteiger partial charge in [-0.1, -0.05) is 71.2 Å². The quantitative estimate of drug-likeness (QED) is 0.0850. The van der Waals surface area contributed by atoms with Gasteiger partial charge in [-0.3, -0.25) is 18.0 Å². The van der Waals surface area contributed by atoms with Crippen LogP contribution in [0, 0.1) is 22.7 Å². The second-order valence-electron chi connectivity index (χ2n) is 24.2. The minimum atomic E-state index is -0.570. The molecule has 6 N–H and O–H groups in total. The van der Waals surface area contributed by atoms with Crippen molar-refractivity contribution in [1.29, 1.82) is 10.5 Å². The summed E-state index contributed by atoms with van der Waals surface area (Å²) < 4.78 is 17.5. The minimum Gasteiger partial charge on any atom is -0.444 e. The van der Waals surface area contributed by atoms with Gasteiger partial charge in [0.15, 0.2) is 34.4 Å². The summed E-state index contributed by atoms with van der Waals surface area (Å²) in [7, 11) is 0. The SMILES string of the molecule is CC(C)(C)OC(=O)N1CCC[C@H](Nc2ncc(C#N)n3c(Br)c(-c4ccc(Cl)cc4)nc23)C1.CC(C)(C)OC(=O)N1CCC[C@H](Nc2ncc(C#N)n3cc(-c4ccc(Cl)cc4)nc23)C1.NC(=O)c1cnc(N[C@H]2CCCNC2)c2nc(-c3ccc(Cl)cc3)c(Br)n12. The molecule has 23 nitrogen and oxygen atoms in total. The summed E-state index contributed by atoms with van der Waals surface area (Å²) in [4.78, 5) is 68.0. The molecular weight excluding hydrogens is 1370 g/mol. The first kappa shape index (κ1) is 66.6. The van der Waals surface area contributed by atoms with Crippen molar-refractivity contribution in [3.8, 4) is 45.9 Å². The van der Waals surface area contributed by atoms with Crippen molar-refractivity contribution in [2.75, 3.05) is 55.2 Å². The minimum absolute atomic E-state index is 0.00353. The van der Waals surface area contributed by atoms with E-state index < -0.39 is 17.1 Å². The first-order valence-corrected chi connectivity index (χ1v) is 32.5. The second-order valence-corrected chi connectivity index (χ2v) is 27.0. The molecule has 9 aromatic rings. The zero-order valence-corrected chi connectivity index (χ0v) is 56.7. The van der Waals surface area contributed by atoms with Crippen molar-refractivity contribution < 1.29 is 23.9 Å². The largest absolute Gasteiger partial charge is 0.444 e. The van der Waals surface area contributed by atoms with Gasteiger partial charge in [0.1, 0.15) is 61.0 Å². The Bertz CT molecular complexity index is 4260. The lowest BCUT2D eigenvalue weighted by Crippen LogP contribution is -2.47. The van der Waals surface area contributed by atoms with Gasteiger partial charge in [0.25, 0.3) is 5.91 Å². The van der Waals surface area contributed by atoms with Gasteiger partial charge in [0.2, 0.25) is 0 Å². The number of halogens is 5. The van der Waals surface area contributed by atoms with E-state index in [-0.39, 0.29) is 36.0 Å². The number of nitrogens with two attached hydrogens (primary N) is 1. The molecule has 478 valence electrons. The summed E-state index contributed by atoms with van der Waals surface area (Å²) in [5.41, 5.74) is 11.8. The standard InChI is InChI=1S/C23H24BrClN6O2.C23H25ClN6O2.C18H18BrClN6O/c1-23(2,3)33-22(32)30-10-4-5-16(13-30)28-20-21-29-18(14-6-8-15(25)9-7-14)19(24)31(21)17(11-26)12-27-20;1-23(2,3)32-22(31)29-10-4-5-17(13-29)27-20-21-28-19(15-6-8-16(24)9-7-15)14-30(21)18(11-25)12-26-20;19-15-14(10-3-5-11(20)6-4-10)25-18-17(24-12-2-1-7-22-8-12)23-9-13(16(21)27)26(15)18/h6-9,12,16H,4-5,10,13H2,1-3H3,(H,27,28);6-9,12,14,17H,4-5,10,13H2,1-3H3,(H,26,27);3-6,9,12,22H,1-2,7-8H2,(H2,21,27)(H,23,24)/t16-;17-;12-/m000/s1. The lowest BCUT2D eigenvalue weighted by atomic mass is 10.1. The summed E-state index contributed by atoms with van der Waals surface area (Å²) in [5, 5.41) is 34.7. The average molecular weight is 1430 g/mol. The molecule has 0 aliphatic carbocycles. The highest BCUT2D eigenvalue weighted by Crippen LogP contribution is 2.36. The highest BCUT2D eigenvalue weighted by molar-refractivity contribution is 9.10. The highest BCUT2D eigenvalue weighted by atomic mass is 79.9. The van der Waals surface area contributed by atoms with Crippen molar-refractivity contribution in [3.05, 3.63) is 139 Å². The van der Waals surface area contributed by atoms with Crippen LogP contribution < -0.4 is 27.0 Å². The Morgan fingerprint density at radius 2 is 1.03 bits per heavy atom. The number of piperidine rings is 3. The number of fused-ring (bicyclic) bond motifs is 3. The maximum atomic E-state index is 12.5. The number of primary amides is 1. The number of benzene rings is 3. The van der Waals surface area contributed by atoms with E-state index in [2.05, 4.69) is 80.2 Å². The van der Waals surface area contributed by atoms with Gasteiger partial charge in [-0.2, -0.15) is 10.5 Å². The third-order valence-electron chi connectivity index (χ3n) is 15.0. The number of nitrogens with one attached hydrogen (secondary N) is 4. The smallest absolute Gasteiger partial charge is 0.410 e. The summed E-state index contributed by atoms with van der Waals surface area (Å²) in [5.74, 6) is 1.17. The predicted octanol–water partition coefficient (Wildman–Crippen LogP) is 13.3. The molecule has 0 unspecified atom stereocenters. The van der Waals surface area contributed by atoms with E-state index >= 15 is 0 Å². The summed E-state index contributed by atoms with van der Waals surface area (Å²) >= 11 is 25.2. The fraction of sp³-hybridized carbons (Fsp3) is 0.359. The Morgan fingerprint density at radius 3 is 1.50 bits per heavy atom. The van der Waals surface area contributed by atoms with E-state index in [1.807, 2.05) is 84.1 Å². The third kappa shape index (κ3) is 15.9. The Hall–Kier alpha value is -8.30. The first-order chi connectivity index (χ1) is 43.9. The molecule has 3 atom stereocenters. The lowest BCUT2D eigenvalue weighted by molar-refractivity contribution is 0.0196. The Balaban J connectivity index is 0.000000152. The fourth-order valence-electron chi connectivity index (χ4n) is 10.7. The lowest BCUT2D eigenvalue weighted by Gasteiger charge is -2.34. The van der Waals surface area contributed by atoms with Crippen LogP contribution in [0.25, 0.3) is 50.7 Å². The number of ether oxygens (including phenoxy) is 2. The molecule has 92 heavy (non-hydrogen) atoms. The van der Waals surface area contributed by atoms with Crippen LogP contribution in [0.4, 0.5) is 27.0 Å². The normalized spacial score (nSPS) is 16.7. The zero-order valence-electron chi connectivity index (χ0n) is 51.3. The Labute approximate surface area is 563 Å². The van der Waals surface area contributed by atoms with E-state index in [1.165, 1.54) is 18.6 Å². The molecule has 0 bridgehead atoms. The van der Waals surface area contributed by atoms with E-state index in [9.17, 15) is 24.9 Å². The molecule has 28 heteroatoms.